The molecule has 1 saturated heterocycles. The lowest BCUT2D eigenvalue weighted by Crippen LogP contribution is -2.45. The van der Waals surface area contributed by atoms with Crippen LogP contribution in [-0.2, 0) is 22.7 Å². The highest BCUT2D eigenvalue weighted by Gasteiger charge is 2.21. The molecule has 1 aliphatic heterocycles. The Kier molecular flexibility index (Phi) is 11.8. The van der Waals surface area contributed by atoms with E-state index in [0.29, 0.717) is 17.2 Å². The number of carbonyl (C=O) groups is 2. The lowest BCUT2D eigenvalue weighted by Gasteiger charge is -2.35. The van der Waals surface area contributed by atoms with Gasteiger partial charge in [-0.05, 0) is 35.4 Å². The molecule has 0 unspecified atom stereocenters. The van der Waals surface area contributed by atoms with E-state index in [4.69, 9.17) is 43.5 Å². The maximum Gasteiger partial charge on any atom is 0.414 e. The average Bonchev–Trinajstić information content (AvgIpc) is 2.90. The van der Waals surface area contributed by atoms with E-state index in [1.54, 1.807) is 35.5 Å². The van der Waals surface area contributed by atoms with Crippen LogP contribution in [0.3, 0.4) is 0 Å². The van der Waals surface area contributed by atoms with Crippen LogP contribution >= 0.6 is 15.9 Å². The molecule has 0 aliphatic carbocycles. The maximum atomic E-state index is 9.10. The lowest BCUT2D eigenvalue weighted by atomic mass is 10.1. The number of carboxylic acid groups (broad SMARTS) is 2. The van der Waals surface area contributed by atoms with Crippen LogP contribution in [0, 0.1) is 0 Å². The van der Waals surface area contributed by atoms with Gasteiger partial charge in [-0.1, -0.05) is 15.9 Å². The zero-order valence-corrected chi connectivity index (χ0v) is 23.2. The fraction of sp³-hybridized carbons (Fsp3) is 0.440. The Morgan fingerprint density at radius 3 is 1.54 bits per heavy atom. The molecule has 0 bridgehead atoms. The zero-order valence-electron chi connectivity index (χ0n) is 21.6. The quantitative estimate of drug-likeness (QED) is 0.422. The summed E-state index contributed by atoms with van der Waals surface area (Å²) in [7, 11) is 8.23. The van der Waals surface area contributed by atoms with Crippen LogP contribution in [0.15, 0.2) is 28.7 Å². The van der Waals surface area contributed by atoms with Crippen molar-refractivity contribution in [2.24, 2.45) is 0 Å². The number of aliphatic carboxylic acids is 2. The summed E-state index contributed by atoms with van der Waals surface area (Å²) in [5.74, 6) is -0.165. The van der Waals surface area contributed by atoms with E-state index in [9.17, 15) is 0 Å². The molecule has 0 atom stereocenters. The number of methoxy groups -OCH3 is 5. The van der Waals surface area contributed by atoms with Crippen LogP contribution in [0.2, 0.25) is 0 Å². The summed E-state index contributed by atoms with van der Waals surface area (Å²) >= 11 is 3.67. The van der Waals surface area contributed by atoms with Crippen molar-refractivity contribution in [1.82, 2.24) is 9.80 Å². The fourth-order valence-electron chi connectivity index (χ4n) is 3.85. The molecule has 2 aromatic rings. The van der Waals surface area contributed by atoms with Crippen molar-refractivity contribution in [3.8, 4) is 28.7 Å². The molecule has 0 amide bonds. The molecule has 12 heteroatoms. The molecule has 11 nitrogen and oxygen atoms in total. The van der Waals surface area contributed by atoms with E-state index in [1.165, 1.54) is 5.56 Å². The van der Waals surface area contributed by atoms with Gasteiger partial charge in [0.25, 0.3) is 0 Å². The summed E-state index contributed by atoms with van der Waals surface area (Å²) in [4.78, 5) is 23.1. The monoisotopic (exact) mass is 584 g/mol. The standard InChI is InChI=1S/C23H31BrN2O5.C2H2O4/c1-27-19-12-17(18(24)13-20(19)28-2)15-26-8-6-25(7-9-26)14-16-10-21(29-3)23(31-5)22(11-16)30-4;3-1(4)2(5)6/h10-13H,6-9,14-15H2,1-5H3;(H,3,4)(H,5,6). The van der Waals surface area contributed by atoms with Crippen molar-refractivity contribution >= 4 is 27.9 Å². The van der Waals surface area contributed by atoms with E-state index in [0.717, 1.165) is 60.8 Å². The van der Waals surface area contributed by atoms with E-state index in [1.807, 2.05) is 24.3 Å². The van der Waals surface area contributed by atoms with E-state index in [2.05, 4.69) is 25.7 Å². The third-order valence-corrected chi connectivity index (χ3v) is 6.46. The number of hydrogen-bond acceptors (Lipinski definition) is 9. The van der Waals surface area contributed by atoms with Gasteiger partial charge in [0.1, 0.15) is 0 Å². The van der Waals surface area contributed by atoms with Crippen LogP contribution < -0.4 is 23.7 Å². The molecule has 0 spiro atoms. The minimum absolute atomic E-state index is 0.624. The molecule has 3 rings (SSSR count). The number of carboxylic acids is 2. The normalized spacial score (nSPS) is 13.7. The van der Waals surface area contributed by atoms with Gasteiger partial charge >= 0.3 is 11.9 Å². The topological polar surface area (TPSA) is 127 Å². The molecule has 1 heterocycles. The highest BCUT2D eigenvalue weighted by Crippen LogP contribution is 2.38. The number of halogens is 1. The first kappa shape index (κ1) is 30.0. The first-order valence-electron chi connectivity index (χ1n) is 11.3. The van der Waals surface area contributed by atoms with Gasteiger partial charge in [-0.25, -0.2) is 9.59 Å². The molecule has 2 N–H and O–H groups in total. The molecule has 1 aliphatic rings. The van der Waals surface area contributed by atoms with Crippen LogP contribution in [-0.4, -0.2) is 93.7 Å². The van der Waals surface area contributed by atoms with Crippen molar-refractivity contribution in [3.63, 3.8) is 0 Å². The number of rotatable bonds is 9. The van der Waals surface area contributed by atoms with Gasteiger partial charge in [-0.2, -0.15) is 0 Å². The zero-order chi connectivity index (χ0) is 27.5. The number of piperazine rings is 1. The molecule has 0 aromatic heterocycles. The van der Waals surface area contributed by atoms with Gasteiger partial charge in [0, 0.05) is 43.7 Å². The summed E-state index contributed by atoms with van der Waals surface area (Å²) in [5, 5.41) is 14.8. The molecule has 2 aromatic carbocycles. The first-order valence-corrected chi connectivity index (χ1v) is 12.1. The molecular formula is C25H33BrN2O9. The van der Waals surface area contributed by atoms with Crippen LogP contribution in [0.5, 0.6) is 28.7 Å². The minimum atomic E-state index is -1.82. The van der Waals surface area contributed by atoms with Gasteiger partial charge in [-0.3, -0.25) is 9.80 Å². The number of hydrogen-bond donors (Lipinski definition) is 2. The highest BCUT2D eigenvalue weighted by molar-refractivity contribution is 9.10. The predicted molar refractivity (Wildman–Crippen MR) is 139 cm³/mol. The Morgan fingerprint density at radius 1 is 0.703 bits per heavy atom. The van der Waals surface area contributed by atoms with E-state index < -0.39 is 11.9 Å². The second-order valence-corrected chi connectivity index (χ2v) is 8.85. The molecule has 1 fully saturated rings. The molecule has 37 heavy (non-hydrogen) atoms. The summed E-state index contributed by atoms with van der Waals surface area (Å²) < 4.78 is 28.3. The Morgan fingerprint density at radius 2 is 1.14 bits per heavy atom. The lowest BCUT2D eigenvalue weighted by molar-refractivity contribution is -0.159. The first-order chi connectivity index (χ1) is 17.7. The average molecular weight is 585 g/mol. The van der Waals surface area contributed by atoms with Crippen LogP contribution in [0.1, 0.15) is 11.1 Å². The van der Waals surface area contributed by atoms with E-state index in [-0.39, 0.29) is 0 Å². The van der Waals surface area contributed by atoms with Crippen molar-refractivity contribution in [2.45, 2.75) is 13.1 Å². The van der Waals surface area contributed by atoms with Gasteiger partial charge in [0.2, 0.25) is 5.75 Å². The SMILES string of the molecule is COc1cc(Br)c(CN2CCN(Cc3cc(OC)c(OC)c(OC)c3)CC2)cc1OC.O=C(O)C(=O)O. The Balaban J connectivity index is 0.000000717. The largest absolute Gasteiger partial charge is 0.493 e. The smallest absolute Gasteiger partial charge is 0.414 e. The summed E-state index contributed by atoms with van der Waals surface area (Å²) in [6.45, 7) is 5.66. The minimum Gasteiger partial charge on any atom is -0.493 e. The number of nitrogens with zero attached hydrogens (tertiary/aromatic N) is 2. The second-order valence-electron chi connectivity index (χ2n) is 7.99. The Hall–Kier alpha value is -3.22. The summed E-state index contributed by atoms with van der Waals surface area (Å²) in [6.07, 6.45) is 0. The van der Waals surface area contributed by atoms with Gasteiger partial charge in [0.05, 0.1) is 35.5 Å². The predicted octanol–water partition coefficient (Wildman–Crippen LogP) is 2.97. The third kappa shape index (κ3) is 8.41. The highest BCUT2D eigenvalue weighted by atomic mass is 79.9. The van der Waals surface area contributed by atoms with Crippen molar-refractivity contribution in [2.75, 3.05) is 61.7 Å². The summed E-state index contributed by atoms with van der Waals surface area (Å²) in [5.41, 5.74) is 2.33. The van der Waals surface area contributed by atoms with Crippen LogP contribution in [0.25, 0.3) is 0 Å². The van der Waals surface area contributed by atoms with Gasteiger partial charge in [-0.15, -0.1) is 0 Å². The van der Waals surface area contributed by atoms with Crippen molar-refractivity contribution in [3.05, 3.63) is 39.9 Å². The maximum absolute atomic E-state index is 9.10. The number of ether oxygens (including phenoxy) is 5. The van der Waals surface area contributed by atoms with E-state index >= 15 is 0 Å². The second kappa shape index (κ2) is 14.5. The Labute approximate surface area is 224 Å². The van der Waals surface area contributed by atoms with Gasteiger partial charge in [0.15, 0.2) is 23.0 Å². The summed E-state index contributed by atoms with van der Waals surface area (Å²) in [6, 6.07) is 8.06. The molecule has 204 valence electrons. The van der Waals surface area contributed by atoms with Crippen molar-refractivity contribution < 1.29 is 43.5 Å². The third-order valence-electron chi connectivity index (χ3n) is 5.73. The van der Waals surface area contributed by atoms with Crippen molar-refractivity contribution in [1.29, 1.82) is 0 Å². The Bertz CT molecular complexity index is 1040. The van der Waals surface area contributed by atoms with Crippen LogP contribution in [0.4, 0.5) is 0 Å². The fourth-order valence-corrected chi connectivity index (χ4v) is 4.30. The number of benzene rings is 2. The van der Waals surface area contributed by atoms with Gasteiger partial charge < -0.3 is 33.9 Å². The molecule has 0 saturated carbocycles. The molecular weight excluding hydrogens is 552 g/mol. The molecule has 0 radical (unpaired) electrons.